The van der Waals surface area contributed by atoms with Crippen LogP contribution in [0.5, 0.6) is 5.75 Å². The molecule has 1 aromatic heterocycles. The lowest BCUT2D eigenvalue weighted by atomic mass is 10.1. The molecule has 0 radical (unpaired) electrons. The highest BCUT2D eigenvalue weighted by atomic mass is 16.6. The molecule has 1 aromatic carbocycles. The molecular formula is C14H14N2O5. The van der Waals surface area contributed by atoms with Gasteiger partial charge in [0.2, 0.25) is 0 Å². The summed E-state index contributed by atoms with van der Waals surface area (Å²) in [6.07, 6.45) is 1.54. The highest BCUT2D eigenvalue weighted by Gasteiger charge is 2.19. The van der Waals surface area contributed by atoms with Crippen molar-refractivity contribution in [3.05, 3.63) is 57.5 Å². The molecule has 110 valence electrons. The van der Waals surface area contributed by atoms with Gasteiger partial charge in [0, 0.05) is 30.8 Å². The molecule has 1 N–H and O–H groups in total. The minimum absolute atomic E-state index is 0.182. The number of furan rings is 1. The van der Waals surface area contributed by atoms with Crippen molar-refractivity contribution in [3.63, 3.8) is 0 Å². The van der Waals surface area contributed by atoms with Crippen LogP contribution in [-0.4, -0.2) is 27.9 Å². The zero-order chi connectivity index (χ0) is 15.6. The third kappa shape index (κ3) is 3.02. The summed E-state index contributed by atoms with van der Waals surface area (Å²) in [5, 5.41) is 20.2. The Morgan fingerprint density at radius 2 is 2.14 bits per heavy atom. The maximum atomic E-state index is 12.2. The van der Waals surface area contributed by atoms with Gasteiger partial charge in [0.1, 0.15) is 5.76 Å². The van der Waals surface area contributed by atoms with E-state index in [4.69, 9.17) is 4.42 Å². The predicted molar refractivity (Wildman–Crippen MR) is 74.0 cm³/mol. The zero-order valence-electron chi connectivity index (χ0n) is 11.6. The lowest BCUT2D eigenvalue weighted by Gasteiger charge is -2.16. The van der Waals surface area contributed by atoms with Crippen molar-refractivity contribution in [1.82, 2.24) is 4.90 Å². The first kappa shape index (κ1) is 14.6. The summed E-state index contributed by atoms with van der Waals surface area (Å²) in [6, 6.07) is 5.30. The van der Waals surface area contributed by atoms with Gasteiger partial charge in [-0.25, -0.2) is 0 Å². The molecule has 2 rings (SSSR count). The van der Waals surface area contributed by atoms with Gasteiger partial charge in [-0.15, -0.1) is 0 Å². The van der Waals surface area contributed by atoms with Crippen molar-refractivity contribution in [1.29, 1.82) is 0 Å². The number of nitro groups is 1. The Morgan fingerprint density at radius 3 is 2.67 bits per heavy atom. The largest absolute Gasteiger partial charge is 0.502 e. The number of aromatic hydroxyl groups is 1. The number of hydrogen-bond acceptors (Lipinski definition) is 5. The number of nitrogens with zero attached hydrogens (tertiary/aromatic N) is 2. The standard InChI is InChI=1S/C14H14N2O5/c1-9-11(5-6-21-9)8-15(2)14(18)10-3-4-12(16(19)20)13(17)7-10/h3-7,17H,8H2,1-2H3. The Balaban J connectivity index is 2.18. The van der Waals surface area contributed by atoms with Crippen LogP contribution in [0.25, 0.3) is 0 Å². The van der Waals surface area contributed by atoms with Crippen LogP contribution in [0.2, 0.25) is 0 Å². The van der Waals surface area contributed by atoms with Gasteiger partial charge in [-0.05, 0) is 25.1 Å². The highest BCUT2D eigenvalue weighted by Crippen LogP contribution is 2.26. The lowest BCUT2D eigenvalue weighted by Crippen LogP contribution is -2.26. The van der Waals surface area contributed by atoms with E-state index in [0.717, 1.165) is 23.5 Å². The molecule has 0 spiro atoms. The normalized spacial score (nSPS) is 10.4. The summed E-state index contributed by atoms with van der Waals surface area (Å²) in [4.78, 5) is 23.6. The van der Waals surface area contributed by atoms with Crippen molar-refractivity contribution >= 4 is 11.6 Å². The molecule has 0 atom stereocenters. The molecule has 0 aliphatic carbocycles. The van der Waals surface area contributed by atoms with E-state index in [1.54, 1.807) is 26.3 Å². The Morgan fingerprint density at radius 1 is 1.43 bits per heavy atom. The molecule has 0 aliphatic rings. The molecule has 7 nitrogen and oxygen atoms in total. The van der Waals surface area contributed by atoms with Crippen LogP contribution in [-0.2, 0) is 6.54 Å². The summed E-state index contributed by atoms with van der Waals surface area (Å²) in [7, 11) is 1.60. The predicted octanol–water partition coefficient (Wildman–Crippen LogP) is 2.47. The number of amides is 1. The third-order valence-electron chi connectivity index (χ3n) is 3.14. The van der Waals surface area contributed by atoms with Crippen molar-refractivity contribution in [2.45, 2.75) is 13.5 Å². The van der Waals surface area contributed by atoms with Crippen molar-refractivity contribution in [3.8, 4) is 5.75 Å². The molecular weight excluding hydrogens is 276 g/mol. The summed E-state index contributed by atoms with van der Waals surface area (Å²) in [5.41, 5.74) is 0.624. The first-order valence-corrected chi connectivity index (χ1v) is 6.16. The highest BCUT2D eigenvalue weighted by molar-refractivity contribution is 5.94. The van der Waals surface area contributed by atoms with Gasteiger partial charge >= 0.3 is 5.69 Å². The van der Waals surface area contributed by atoms with E-state index in [1.165, 1.54) is 11.0 Å². The molecule has 0 saturated heterocycles. The molecule has 0 saturated carbocycles. The molecule has 0 aliphatic heterocycles. The van der Waals surface area contributed by atoms with Crippen molar-refractivity contribution < 1.29 is 19.2 Å². The monoisotopic (exact) mass is 290 g/mol. The van der Waals surface area contributed by atoms with Gasteiger partial charge in [0.15, 0.2) is 5.75 Å². The van der Waals surface area contributed by atoms with Crippen LogP contribution < -0.4 is 0 Å². The second-order valence-electron chi connectivity index (χ2n) is 4.62. The molecule has 0 bridgehead atoms. The van der Waals surface area contributed by atoms with E-state index in [0.29, 0.717) is 6.54 Å². The number of phenolic OH excluding ortho intramolecular Hbond substituents is 1. The van der Waals surface area contributed by atoms with E-state index in [2.05, 4.69) is 0 Å². The molecule has 2 aromatic rings. The van der Waals surface area contributed by atoms with E-state index >= 15 is 0 Å². The van der Waals surface area contributed by atoms with E-state index in [9.17, 15) is 20.0 Å². The molecule has 1 amide bonds. The topological polar surface area (TPSA) is 96.8 Å². The molecule has 7 heteroatoms. The van der Waals surface area contributed by atoms with Gasteiger partial charge < -0.3 is 14.4 Å². The van der Waals surface area contributed by atoms with E-state index in [1.807, 2.05) is 0 Å². The number of carbonyl (C=O) groups excluding carboxylic acids is 1. The minimum atomic E-state index is -0.706. The van der Waals surface area contributed by atoms with E-state index < -0.39 is 16.4 Å². The lowest BCUT2D eigenvalue weighted by molar-refractivity contribution is -0.385. The molecule has 21 heavy (non-hydrogen) atoms. The number of rotatable bonds is 4. The van der Waals surface area contributed by atoms with Crippen LogP contribution in [0.15, 0.2) is 34.9 Å². The van der Waals surface area contributed by atoms with Crippen molar-refractivity contribution in [2.75, 3.05) is 7.05 Å². The zero-order valence-corrected chi connectivity index (χ0v) is 11.6. The second kappa shape index (κ2) is 5.66. The smallest absolute Gasteiger partial charge is 0.310 e. The van der Waals surface area contributed by atoms with Crippen LogP contribution in [0.4, 0.5) is 5.69 Å². The van der Waals surface area contributed by atoms with Gasteiger partial charge in [-0.3, -0.25) is 14.9 Å². The average Bonchev–Trinajstić information content (AvgIpc) is 2.82. The van der Waals surface area contributed by atoms with Gasteiger partial charge in [-0.2, -0.15) is 0 Å². The van der Waals surface area contributed by atoms with Gasteiger partial charge in [-0.1, -0.05) is 0 Å². The van der Waals surface area contributed by atoms with Crippen LogP contribution in [0, 0.1) is 17.0 Å². The molecule has 0 fully saturated rings. The van der Waals surface area contributed by atoms with Gasteiger partial charge in [0.05, 0.1) is 11.2 Å². The quantitative estimate of drug-likeness (QED) is 0.689. The summed E-state index contributed by atoms with van der Waals surface area (Å²) < 4.78 is 5.16. The second-order valence-corrected chi connectivity index (χ2v) is 4.62. The maximum Gasteiger partial charge on any atom is 0.310 e. The number of hydrogen-bond donors (Lipinski definition) is 1. The Kier molecular flexibility index (Phi) is 3.93. The first-order chi connectivity index (χ1) is 9.90. The minimum Gasteiger partial charge on any atom is -0.502 e. The van der Waals surface area contributed by atoms with Crippen molar-refractivity contribution in [2.24, 2.45) is 0 Å². The molecule has 0 unspecified atom stereocenters. The van der Waals surface area contributed by atoms with Crippen LogP contribution in [0.1, 0.15) is 21.7 Å². The Bertz CT molecular complexity index is 692. The van der Waals surface area contributed by atoms with E-state index in [-0.39, 0.29) is 11.5 Å². The third-order valence-corrected chi connectivity index (χ3v) is 3.14. The fourth-order valence-electron chi connectivity index (χ4n) is 1.93. The number of benzene rings is 1. The Labute approximate surface area is 120 Å². The van der Waals surface area contributed by atoms with Gasteiger partial charge in [0.25, 0.3) is 5.91 Å². The fraction of sp³-hybridized carbons (Fsp3) is 0.214. The Hall–Kier alpha value is -2.83. The van der Waals surface area contributed by atoms with Crippen LogP contribution >= 0.6 is 0 Å². The summed E-state index contributed by atoms with van der Waals surface area (Å²) in [6.45, 7) is 2.14. The maximum absolute atomic E-state index is 12.2. The number of nitro benzene ring substituents is 1. The van der Waals surface area contributed by atoms with Crippen LogP contribution in [0.3, 0.4) is 0 Å². The summed E-state index contributed by atoms with van der Waals surface area (Å²) in [5.74, 6) is -0.152. The number of carbonyl (C=O) groups is 1. The fourth-order valence-corrected chi connectivity index (χ4v) is 1.93. The summed E-state index contributed by atoms with van der Waals surface area (Å²) >= 11 is 0. The number of phenols is 1. The first-order valence-electron chi connectivity index (χ1n) is 6.16. The number of aryl methyl sites for hydroxylation is 1. The average molecular weight is 290 g/mol. The molecule has 1 heterocycles. The SMILES string of the molecule is Cc1occc1CN(C)C(=O)c1ccc([N+](=O)[O-])c(O)c1.